The molecule has 6 nitrogen and oxygen atoms in total. The van der Waals surface area contributed by atoms with Crippen molar-refractivity contribution in [3.8, 4) is 0 Å². The summed E-state index contributed by atoms with van der Waals surface area (Å²) >= 11 is 0. The maximum atomic E-state index is 12.0. The Morgan fingerprint density at radius 1 is 1.37 bits per heavy atom. The summed E-state index contributed by atoms with van der Waals surface area (Å²) in [4.78, 5) is 11.1. The lowest BCUT2D eigenvalue weighted by Gasteiger charge is -2.12. The van der Waals surface area contributed by atoms with E-state index in [9.17, 15) is 13.2 Å². The highest BCUT2D eigenvalue weighted by Crippen LogP contribution is 2.20. The number of aromatic carboxylic acids is 1. The average molecular weight is 286 g/mol. The van der Waals surface area contributed by atoms with Crippen LogP contribution in [-0.4, -0.2) is 32.1 Å². The molecule has 1 rings (SSSR count). The number of hydrogen-bond donors (Lipinski definition) is 3. The molecule has 0 aliphatic carbocycles. The van der Waals surface area contributed by atoms with Gasteiger partial charge in [0.2, 0.25) is 10.0 Å². The molecule has 0 amide bonds. The molecule has 0 aliphatic heterocycles. The summed E-state index contributed by atoms with van der Waals surface area (Å²) in [5.41, 5.74) is 0.340. The number of carboxylic acid groups (broad SMARTS) is 1. The van der Waals surface area contributed by atoms with Crippen LogP contribution in [0.1, 0.15) is 31.1 Å². The van der Waals surface area contributed by atoms with Gasteiger partial charge in [-0.25, -0.2) is 17.9 Å². The number of benzene rings is 1. The van der Waals surface area contributed by atoms with Crippen molar-refractivity contribution in [2.45, 2.75) is 31.7 Å². The lowest BCUT2D eigenvalue weighted by atomic mass is 10.2. The molecule has 0 bridgehead atoms. The summed E-state index contributed by atoms with van der Waals surface area (Å²) < 4.78 is 26.3. The first kappa shape index (κ1) is 15.5. The zero-order valence-electron chi connectivity index (χ0n) is 11.1. The standard InChI is InChI=1S/C12H18N2O4S/c1-4-13-11-6-5-9(7-10(11)12(15)16)19(17,18)14-8(2)3/h5-8,13-14H,4H2,1-3H3,(H,15,16). The van der Waals surface area contributed by atoms with Crippen molar-refractivity contribution >= 4 is 21.7 Å². The third-order valence-electron chi connectivity index (χ3n) is 2.29. The molecule has 1 aromatic carbocycles. The highest BCUT2D eigenvalue weighted by atomic mass is 32.2. The van der Waals surface area contributed by atoms with Gasteiger partial charge in [0.15, 0.2) is 0 Å². The summed E-state index contributed by atoms with van der Waals surface area (Å²) in [6.45, 7) is 5.78. The molecule has 0 radical (unpaired) electrons. The summed E-state index contributed by atoms with van der Waals surface area (Å²) in [5, 5.41) is 12.0. The van der Waals surface area contributed by atoms with Crippen LogP contribution in [0, 0.1) is 0 Å². The van der Waals surface area contributed by atoms with Gasteiger partial charge in [-0.2, -0.15) is 0 Å². The van der Waals surface area contributed by atoms with E-state index in [1.165, 1.54) is 12.1 Å². The Kier molecular flexibility index (Phi) is 4.90. The second-order valence-corrected chi connectivity index (χ2v) is 6.03. The molecule has 19 heavy (non-hydrogen) atoms. The van der Waals surface area contributed by atoms with Gasteiger partial charge in [-0.05, 0) is 39.0 Å². The van der Waals surface area contributed by atoms with Crippen molar-refractivity contribution in [1.29, 1.82) is 0 Å². The van der Waals surface area contributed by atoms with Crippen molar-refractivity contribution in [3.63, 3.8) is 0 Å². The molecule has 7 heteroatoms. The molecule has 0 saturated carbocycles. The number of rotatable bonds is 6. The van der Waals surface area contributed by atoms with Gasteiger partial charge in [-0.15, -0.1) is 0 Å². The van der Waals surface area contributed by atoms with Gasteiger partial charge in [0.1, 0.15) is 0 Å². The van der Waals surface area contributed by atoms with Crippen LogP contribution >= 0.6 is 0 Å². The van der Waals surface area contributed by atoms with Crippen molar-refractivity contribution in [3.05, 3.63) is 23.8 Å². The Balaban J connectivity index is 3.26. The lowest BCUT2D eigenvalue weighted by molar-refractivity contribution is 0.0697. The van der Waals surface area contributed by atoms with Crippen molar-refractivity contribution in [1.82, 2.24) is 4.72 Å². The van der Waals surface area contributed by atoms with E-state index >= 15 is 0 Å². The van der Waals surface area contributed by atoms with Crippen molar-refractivity contribution in [2.24, 2.45) is 0 Å². The summed E-state index contributed by atoms with van der Waals surface area (Å²) in [6.07, 6.45) is 0. The van der Waals surface area contributed by atoms with Crippen LogP contribution in [0.5, 0.6) is 0 Å². The first-order valence-electron chi connectivity index (χ1n) is 5.91. The van der Waals surface area contributed by atoms with E-state index in [2.05, 4.69) is 10.0 Å². The van der Waals surface area contributed by atoms with Gasteiger partial charge >= 0.3 is 5.97 Å². The monoisotopic (exact) mass is 286 g/mol. The van der Waals surface area contributed by atoms with Gasteiger partial charge in [0.05, 0.1) is 10.5 Å². The topological polar surface area (TPSA) is 95.5 Å². The third-order valence-corrected chi connectivity index (χ3v) is 3.95. The Morgan fingerprint density at radius 2 is 2.00 bits per heavy atom. The van der Waals surface area contributed by atoms with Gasteiger partial charge in [-0.3, -0.25) is 0 Å². The molecule has 0 aromatic heterocycles. The number of carboxylic acids is 1. The molecule has 106 valence electrons. The molecule has 0 saturated heterocycles. The van der Waals surface area contributed by atoms with Gasteiger partial charge in [0.25, 0.3) is 0 Å². The molecular formula is C12H18N2O4S. The number of carbonyl (C=O) groups is 1. The van der Waals surface area contributed by atoms with E-state index in [-0.39, 0.29) is 16.5 Å². The fourth-order valence-corrected chi connectivity index (χ4v) is 2.87. The molecule has 0 spiro atoms. The summed E-state index contributed by atoms with van der Waals surface area (Å²) in [5.74, 6) is -1.17. The first-order chi connectivity index (χ1) is 8.77. The van der Waals surface area contributed by atoms with Gasteiger partial charge < -0.3 is 10.4 Å². The quantitative estimate of drug-likeness (QED) is 0.736. The zero-order valence-corrected chi connectivity index (χ0v) is 11.9. The van der Waals surface area contributed by atoms with Crippen LogP contribution in [0.2, 0.25) is 0 Å². The Hall–Kier alpha value is -1.60. The van der Waals surface area contributed by atoms with E-state index in [0.29, 0.717) is 12.2 Å². The molecule has 3 N–H and O–H groups in total. The Labute approximate surface area is 112 Å². The SMILES string of the molecule is CCNc1ccc(S(=O)(=O)NC(C)C)cc1C(=O)O. The zero-order chi connectivity index (χ0) is 14.6. The molecule has 0 unspecified atom stereocenters. The summed E-state index contributed by atoms with van der Waals surface area (Å²) in [7, 11) is -3.69. The minimum Gasteiger partial charge on any atom is -0.478 e. The minimum absolute atomic E-state index is 0.0553. The number of sulfonamides is 1. The Bertz CT molecular complexity index is 567. The fourth-order valence-electron chi connectivity index (χ4n) is 1.59. The van der Waals surface area contributed by atoms with E-state index in [1.807, 2.05) is 6.92 Å². The molecule has 0 fully saturated rings. The maximum absolute atomic E-state index is 12.0. The molecule has 0 heterocycles. The average Bonchev–Trinajstić information content (AvgIpc) is 2.27. The molecule has 0 aliphatic rings. The van der Waals surface area contributed by atoms with Crippen LogP contribution in [0.3, 0.4) is 0 Å². The molecule has 0 atom stereocenters. The molecule has 1 aromatic rings. The van der Waals surface area contributed by atoms with E-state index in [4.69, 9.17) is 5.11 Å². The third kappa shape index (κ3) is 3.93. The highest BCUT2D eigenvalue weighted by molar-refractivity contribution is 7.89. The van der Waals surface area contributed by atoms with Gasteiger partial charge in [-0.1, -0.05) is 0 Å². The Morgan fingerprint density at radius 3 is 2.47 bits per heavy atom. The first-order valence-corrected chi connectivity index (χ1v) is 7.39. The number of hydrogen-bond acceptors (Lipinski definition) is 4. The van der Waals surface area contributed by atoms with Crippen LogP contribution in [0.15, 0.2) is 23.1 Å². The fraction of sp³-hybridized carbons (Fsp3) is 0.417. The minimum atomic E-state index is -3.69. The second kappa shape index (κ2) is 6.03. The van der Waals surface area contributed by atoms with Crippen molar-refractivity contribution < 1.29 is 18.3 Å². The molecular weight excluding hydrogens is 268 g/mol. The van der Waals surface area contributed by atoms with Gasteiger partial charge in [0, 0.05) is 18.3 Å². The number of anilines is 1. The summed E-state index contributed by atoms with van der Waals surface area (Å²) in [6, 6.07) is 3.74. The van der Waals surface area contributed by atoms with Crippen LogP contribution in [-0.2, 0) is 10.0 Å². The largest absolute Gasteiger partial charge is 0.478 e. The normalized spacial score (nSPS) is 11.6. The van der Waals surface area contributed by atoms with E-state index < -0.39 is 16.0 Å². The van der Waals surface area contributed by atoms with Crippen LogP contribution < -0.4 is 10.0 Å². The van der Waals surface area contributed by atoms with E-state index in [1.54, 1.807) is 13.8 Å². The van der Waals surface area contributed by atoms with Crippen LogP contribution in [0.25, 0.3) is 0 Å². The lowest BCUT2D eigenvalue weighted by Crippen LogP contribution is -2.30. The van der Waals surface area contributed by atoms with Crippen LogP contribution in [0.4, 0.5) is 5.69 Å². The highest BCUT2D eigenvalue weighted by Gasteiger charge is 2.19. The predicted octanol–water partition coefficient (Wildman–Crippen LogP) is 1.50. The van der Waals surface area contributed by atoms with E-state index in [0.717, 1.165) is 6.07 Å². The predicted molar refractivity (Wildman–Crippen MR) is 73.0 cm³/mol. The smallest absolute Gasteiger partial charge is 0.337 e. The maximum Gasteiger partial charge on any atom is 0.337 e. The number of nitrogens with one attached hydrogen (secondary N) is 2. The van der Waals surface area contributed by atoms with Crippen molar-refractivity contribution in [2.75, 3.05) is 11.9 Å². The second-order valence-electron chi connectivity index (χ2n) is 4.32.